The van der Waals surface area contributed by atoms with Crippen LogP contribution < -0.4 is 10.1 Å². The molecule has 0 aliphatic carbocycles. The average molecular weight is 389 g/mol. The quantitative estimate of drug-likeness (QED) is 0.440. The van der Waals surface area contributed by atoms with Crippen LogP contribution in [0, 0.1) is 0 Å². The molecule has 0 spiro atoms. The average Bonchev–Trinajstić information content (AvgIpc) is 3.23. The minimum Gasteiger partial charge on any atom is -0.491 e. The Hall–Kier alpha value is -3.27. The van der Waals surface area contributed by atoms with Crippen LogP contribution in [0.15, 0.2) is 77.4 Å². The molecule has 1 N–H and O–H groups in total. The van der Waals surface area contributed by atoms with E-state index in [0.717, 1.165) is 16.9 Å². The smallest absolute Gasteiger partial charge is 0.252 e. The number of furan rings is 1. The maximum atomic E-state index is 12.8. The maximum Gasteiger partial charge on any atom is 0.252 e. The highest BCUT2D eigenvalue weighted by atomic mass is 16.5. The summed E-state index contributed by atoms with van der Waals surface area (Å²) in [7, 11) is 0. The Balaban J connectivity index is 1.65. The van der Waals surface area contributed by atoms with Crippen molar-refractivity contribution in [2.75, 3.05) is 13.2 Å². The van der Waals surface area contributed by atoms with Gasteiger partial charge in [0.2, 0.25) is 0 Å². The lowest BCUT2D eigenvalue weighted by Crippen LogP contribution is -2.29. The second-order valence-electron chi connectivity index (χ2n) is 7.79. The van der Waals surface area contributed by atoms with E-state index >= 15 is 0 Å². The van der Waals surface area contributed by atoms with Crippen molar-refractivity contribution in [3.8, 4) is 5.75 Å². The third-order valence-corrected chi connectivity index (χ3v) is 4.50. The molecule has 3 aromatic rings. The minimum atomic E-state index is -0.166. The van der Waals surface area contributed by atoms with E-state index in [2.05, 4.69) is 32.2 Å². The van der Waals surface area contributed by atoms with Gasteiger partial charge in [0, 0.05) is 0 Å². The fourth-order valence-electron chi connectivity index (χ4n) is 3.05. The van der Waals surface area contributed by atoms with E-state index in [9.17, 15) is 4.79 Å². The Morgan fingerprint density at radius 2 is 1.72 bits per heavy atom. The highest BCUT2D eigenvalue weighted by Crippen LogP contribution is 2.30. The van der Waals surface area contributed by atoms with E-state index < -0.39 is 0 Å². The number of benzene rings is 2. The van der Waals surface area contributed by atoms with Crippen molar-refractivity contribution in [3.63, 3.8) is 0 Å². The van der Waals surface area contributed by atoms with Gasteiger partial charge in [-0.1, -0.05) is 69.3 Å². The monoisotopic (exact) mass is 389 g/mol. The van der Waals surface area contributed by atoms with E-state index in [4.69, 9.17) is 9.15 Å². The van der Waals surface area contributed by atoms with Gasteiger partial charge in [0.25, 0.3) is 5.91 Å². The Kier molecular flexibility index (Phi) is 6.55. The molecule has 1 aromatic heterocycles. The highest BCUT2D eigenvalue weighted by Gasteiger charge is 2.18. The van der Waals surface area contributed by atoms with Crippen LogP contribution in [0.2, 0.25) is 0 Å². The third kappa shape index (κ3) is 5.61. The number of carbonyl (C=O) groups is 1. The topological polar surface area (TPSA) is 51.5 Å². The lowest BCUT2D eigenvalue weighted by Gasteiger charge is -2.22. The Morgan fingerprint density at radius 3 is 2.41 bits per heavy atom. The molecule has 1 heterocycles. The molecule has 0 bridgehead atoms. The van der Waals surface area contributed by atoms with Crippen molar-refractivity contribution in [3.05, 3.63) is 89.9 Å². The molecule has 0 radical (unpaired) electrons. The van der Waals surface area contributed by atoms with E-state index in [1.54, 1.807) is 18.4 Å². The van der Waals surface area contributed by atoms with E-state index in [1.807, 2.05) is 54.6 Å². The number of nitrogens with one attached hydrogen (secondary N) is 1. The predicted octanol–water partition coefficient (Wildman–Crippen LogP) is 5.31. The number of hydrogen-bond acceptors (Lipinski definition) is 3. The summed E-state index contributed by atoms with van der Waals surface area (Å²) in [6, 6.07) is 21.2. The fraction of sp³-hybridized carbons (Fsp3) is 0.240. The maximum absolute atomic E-state index is 12.8. The summed E-state index contributed by atoms with van der Waals surface area (Å²) in [4.78, 5) is 12.8. The molecule has 0 saturated carbocycles. The largest absolute Gasteiger partial charge is 0.491 e. The Bertz CT molecular complexity index is 951. The van der Waals surface area contributed by atoms with Gasteiger partial charge in [-0.3, -0.25) is 4.79 Å². The molecular weight excluding hydrogens is 362 g/mol. The summed E-state index contributed by atoms with van der Waals surface area (Å²) >= 11 is 0. The predicted molar refractivity (Wildman–Crippen MR) is 117 cm³/mol. The molecule has 1 amide bonds. The number of carbonyl (C=O) groups excluding carboxylic acids is 1. The number of amides is 1. The van der Waals surface area contributed by atoms with Crippen LogP contribution >= 0.6 is 0 Å². The van der Waals surface area contributed by atoms with Gasteiger partial charge in [-0.2, -0.15) is 0 Å². The standard InChI is InChI=1S/C25H27NO3/c1-25(2,3)22-13-7-8-14-23(22)29-17-15-26-24(27)21(18-20-12-9-16-28-20)19-10-5-4-6-11-19/h4-14,16,18H,15,17H2,1-3H3,(H,26,27)/b21-18+. The molecule has 4 heteroatoms. The summed E-state index contributed by atoms with van der Waals surface area (Å²) in [5.74, 6) is 1.32. The molecule has 0 fully saturated rings. The number of ether oxygens (including phenoxy) is 1. The number of hydrogen-bond donors (Lipinski definition) is 1. The van der Waals surface area contributed by atoms with Crippen molar-refractivity contribution in [1.29, 1.82) is 0 Å². The first-order chi connectivity index (χ1) is 13.9. The van der Waals surface area contributed by atoms with Gasteiger partial charge in [-0.25, -0.2) is 0 Å². The van der Waals surface area contributed by atoms with Crippen molar-refractivity contribution < 1.29 is 13.9 Å². The van der Waals surface area contributed by atoms with Crippen LogP contribution in [0.3, 0.4) is 0 Å². The lowest BCUT2D eigenvalue weighted by atomic mass is 9.86. The molecule has 3 rings (SSSR count). The van der Waals surface area contributed by atoms with Gasteiger partial charge in [0.1, 0.15) is 18.1 Å². The second kappa shape index (κ2) is 9.28. The zero-order chi connectivity index (χ0) is 20.7. The van der Waals surface area contributed by atoms with Gasteiger partial charge < -0.3 is 14.5 Å². The van der Waals surface area contributed by atoms with Gasteiger partial charge in [-0.15, -0.1) is 0 Å². The summed E-state index contributed by atoms with van der Waals surface area (Å²) < 4.78 is 11.3. The van der Waals surface area contributed by atoms with E-state index in [0.29, 0.717) is 24.5 Å². The third-order valence-electron chi connectivity index (χ3n) is 4.50. The molecule has 150 valence electrons. The van der Waals surface area contributed by atoms with E-state index in [-0.39, 0.29) is 11.3 Å². The zero-order valence-corrected chi connectivity index (χ0v) is 17.1. The first kappa shape index (κ1) is 20.5. The fourth-order valence-corrected chi connectivity index (χ4v) is 3.05. The lowest BCUT2D eigenvalue weighted by molar-refractivity contribution is -0.115. The SMILES string of the molecule is CC(C)(C)c1ccccc1OCCNC(=O)/C(=C/c1ccco1)c1ccccc1. The minimum absolute atomic E-state index is 0.00784. The number of para-hydroxylation sites is 1. The second-order valence-corrected chi connectivity index (χ2v) is 7.79. The number of rotatable bonds is 7. The summed E-state index contributed by atoms with van der Waals surface area (Å²) in [5.41, 5.74) is 2.52. The van der Waals surface area contributed by atoms with Crippen LogP contribution in [0.5, 0.6) is 5.75 Å². The Morgan fingerprint density at radius 1 is 1.00 bits per heavy atom. The molecule has 0 aliphatic heterocycles. The van der Waals surface area contributed by atoms with Gasteiger partial charge in [0.05, 0.1) is 18.4 Å². The van der Waals surface area contributed by atoms with Crippen molar-refractivity contribution >= 4 is 17.6 Å². The van der Waals surface area contributed by atoms with Crippen molar-refractivity contribution in [2.24, 2.45) is 0 Å². The highest BCUT2D eigenvalue weighted by molar-refractivity contribution is 6.24. The first-order valence-corrected chi connectivity index (χ1v) is 9.76. The zero-order valence-electron chi connectivity index (χ0n) is 17.1. The van der Waals surface area contributed by atoms with Crippen LogP contribution in [-0.2, 0) is 10.2 Å². The molecule has 0 atom stereocenters. The van der Waals surface area contributed by atoms with E-state index in [1.165, 1.54) is 0 Å². The summed E-state index contributed by atoms with van der Waals surface area (Å²) in [5, 5.41) is 2.95. The molecular formula is C25H27NO3. The van der Waals surface area contributed by atoms with Crippen LogP contribution in [0.25, 0.3) is 11.6 Å². The molecule has 29 heavy (non-hydrogen) atoms. The normalized spacial score (nSPS) is 11.9. The molecule has 4 nitrogen and oxygen atoms in total. The van der Waals surface area contributed by atoms with Gasteiger partial charge in [0.15, 0.2) is 0 Å². The van der Waals surface area contributed by atoms with Crippen LogP contribution in [0.1, 0.15) is 37.7 Å². The van der Waals surface area contributed by atoms with Crippen molar-refractivity contribution in [1.82, 2.24) is 5.32 Å². The molecule has 0 unspecified atom stereocenters. The Labute approximate surface area is 172 Å². The van der Waals surface area contributed by atoms with Crippen LogP contribution in [-0.4, -0.2) is 19.1 Å². The first-order valence-electron chi connectivity index (χ1n) is 9.76. The molecule has 0 saturated heterocycles. The molecule has 0 aliphatic rings. The van der Waals surface area contributed by atoms with Crippen molar-refractivity contribution in [2.45, 2.75) is 26.2 Å². The van der Waals surface area contributed by atoms with Crippen LogP contribution in [0.4, 0.5) is 0 Å². The summed E-state index contributed by atoms with van der Waals surface area (Å²) in [6.45, 7) is 7.26. The summed E-state index contributed by atoms with van der Waals surface area (Å²) in [6.07, 6.45) is 3.34. The molecule has 2 aromatic carbocycles. The van der Waals surface area contributed by atoms with Gasteiger partial charge in [-0.05, 0) is 40.8 Å². The van der Waals surface area contributed by atoms with Gasteiger partial charge >= 0.3 is 0 Å².